The Labute approximate surface area is 241 Å². The summed E-state index contributed by atoms with van der Waals surface area (Å²) >= 11 is 0. The highest BCUT2D eigenvalue weighted by atomic mass is 15.0. The molecule has 3 N–H and O–H groups in total. The van der Waals surface area contributed by atoms with Gasteiger partial charge < -0.3 is 10.6 Å². The fraction of sp³-hybridized carbons (Fsp3) is 0.0789. The summed E-state index contributed by atoms with van der Waals surface area (Å²) in [5.74, 6) is 0.885. The van der Waals surface area contributed by atoms with Gasteiger partial charge in [-0.15, -0.1) is 0 Å². The van der Waals surface area contributed by atoms with E-state index in [0.717, 1.165) is 28.1 Å². The molecule has 5 aromatic carbocycles. The molecule has 0 spiro atoms. The number of allylic oxidation sites excluding steroid dienone is 4. The quantitative estimate of drug-likeness (QED) is 0.157. The Balaban J connectivity index is 1.34. The molecule has 1 aliphatic heterocycles. The maximum absolute atomic E-state index is 9.17. The summed E-state index contributed by atoms with van der Waals surface area (Å²) in [5, 5.41) is 16.3. The summed E-state index contributed by atoms with van der Waals surface area (Å²) in [5.41, 5.74) is 12.3. The van der Waals surface area contributed by atoms with E-state index in [0.29, 0.717) is 11.8 Å². The molecule has 1 aliphatic carbocycles. The molecule has 0 saturated carbocycles. The number of rotatable bonds is 5. The van der Waals surface area contributed by atoms with E-state index in [1.165, 1.54) is 33.5 Å². The lowest BCUT2D eigenvalue weighted by Gasteiger charge is -2.24. The van der Waals surface area contributed by atoms with Crippen LogP contribution in [0.2, 0.25) is 0 Å². The average Bonchev–Trinajstić information content (AvgIpc) is 3.41. The van der Waals surface area contributed by atoms with E-state index in [4.69, 9.17) is 0 Å². The van der Waals surface area contributed by atoms with Crippen LogP contribution in [-0.2, 0) is 0 Å². The van der Waals surface area contributed by atoms with E-state index in [1.54, 1.807) is 0 Å². The highest BCUT2D eigenvalue weighted by molar-refractivity contribution is 6.12. The van der Waals surface area contributed by atoms with Crippen LogP contribution in [0.1, 0.15) is 29.5 Å². The van der Waals surface area contributed by atoms with Crippen molar-refractivity contribution in [2.75, 3.05) is 10.6 Å². The zero-order chi connectivity index (χ0) is 27.8. The lowest BCUT2D eigenvalue weighted by Crippen LogP contribution is -2.14. The minimum Gasteiger partial charge on any atom is -0.358 e. The second-order valence-electron chi connectivity index (χ2n) is 10.9. The van der Waals surface area contributed by atoms with Gasteiger partial charge in [-0.1, -0.05) is 110 Å². The minimum absolute atomic E-state index is 0.206. The third-order valence-electron chi connectivity index (χ3n) is 8.11. The van der Waals surface area contributed by atoms with Crippen molar-refractivity contribution >= 4 is 22.8 Å². The molecule has 41 heavy (non-hydrogen) atoms. The van der Waals surface area contributed by atoms with Crippen molar-refractivity contribution in [2.24, 2.45) is 5.92 Å². The van der Waals surface area contributed by atoms with E-state index >= 15 is 0 Å². The van der Waals surface area contributed by atoms with Crippen LogP contribution in [0.5, 0.6) is 0 Å². The van der Waals surface area contributed by atoms with Crippen LogP contribution in [0.3, 0.4) is 0 Å². The van der Waals surface area contributed by atoms with Crippen molar-refractivity contribution in [3.05, 3.63) is 162 Å². The van der Waals surface area contributed by atoms with Crippen LogP contribution in [0.4, 0.5) is 11.4 Å². The Hall–Kier alpha value is -5.15. The first-order valence-corrected chi connectivity index (χ1v) is 14.1. The smallest absolute Gasteiger partial charge is 0.132 e. The first-order valence-electron chi connectivity index (χ1n) is 14.1. The van der Waals surface area contributed by atoms with Crippen LogP contribution in [0.25, 0.3) is 27.8 Å². The number of hydrogen-bond acceptors (Lipinski definition) is 2. The molecule has 0 fully saturated rings. The average molecular weight is 530 g/mol. The lowest BCUT2D eigenvalue weighted by atomic mass is 9.79. The summed E-state index contributed by atoms with van der Waals surface area (Å²) in [7, 11) is 0. The highest BCUT2D eigenvalue weighted by Crippen LogP contribution is 2.50. The predicted octanol–water partition coefficient (Wildman–Crippen LogP) is 9.58. The fourth-order valence-electron chi connectivity index (χ4n) is 6.14. The van der Waals surface area contributed by atoms with Gasteiger partial charge in [-0.2, -0.15) is 0 Å². The van der Waals surface area contributed by atoms with Crippen LogP contribution in [-0.4, -0.2) is 5.84 Å². The normalized spacial score (nSPS) is 17.0. The van der Waals surface area contributed by atoms with Gasteiger partial charge in [0.1, 0.15) is 5.84 Å². The number of benzene rings is 5. The van der Waals surface area contributed by atoms with Gasteiger partial charge in [-0.05, 0) is 81.3 Å². The summed E-state index contributed by atoms with van der Waals surface area (Å²) in [6, 6.07) is 44.2. The molecular formula is C38H31N3. The fourth-order valence-corrected chi connectivity index (χ4v) is 6.14. The van der Waals surface area contributed by atoms with Gasteiger partial charge in [0.25, 0.3) is 0 Å². The van der Waals surface area contributed by atoms with Crippen molar-refractivity contribution in [3.63, 3.8) is 0 Å². The molecule has 2 aliphatic rings. The molecule has 0 radical (unpaired) electrons. The first kappa shape index (κ1) is 24.9. The monoisotopic (exact) mass is 529 g/mol. The number of amidine groups is 1. The second-order valence-corrected chi connectivity index (χ2v) is 10.9. The van der Waals surface area contributed by atoms with Crippen LogP contribution < -0.4 is 10.6 Å². The summed E-state index contributed by atoms with van der Waals surface area (Å²) in [6.45, 7) is 2.30. The molecule has 2 unspecified atom stereocenters. The van der Waals surface area contributed by atoms with Gasteiger partial charge in [0.05, 0.1) is 5.69 Å². The molecule has 198 valence electrons. The molecule has 1 heterocycles. The van der Waals surface area contributed by atoms with Crippen molar-refractivity contribution in [2.45, 2.75) is 12.8 Å². The molecule has 7 rings (SSSR count). The number of hydrogen-bond donors (Lipinski definition) is 3. The summed E-state index contributed by atoms with van der Waals surface area (Å²) < 4.78 is 0. The molecule has 2 atom stereocenters. The topological polar surface area (TPSA) is 47.9 Å². The van der Waals surface area contributed by atoms with Gasteiger partial charge in [0.2, 0.25) is 0 Å². The molecule has 3 nitrogen and oxygen atoms in total. The third kappa shape index (κ3) is 4.76. The lowest BCUT2D eigenvalue weighted by molar-refractivity contribution is 0.627. The second kappa shape index (κ2) is 10.4. The maximum Gasteiger partial charge on any atom is 0.132 e. The van der Waals surface area contributed by atoms with Gasteiger partial charge in [0, 0.05) is 22.9 Å². The number of fused-ring (bicyclic) bond motifs is 3. The van der Waals surface area contributed by atoms with Crippen molar-refractivity contribution < 1.29 is 0 Å². The molecule has 0 aromatic heterocycles. The van der Waals surface area contributed by atoms with Crippen LogP contribution in [0.15, 0.2) is 145 Å². The molecule has 0 saturated heterocycles. The standard InChI is InChI=1S/C38H31N3/c1-25-20-30(27-14-7-3-8-15-27)24-35-36(25)33-22-31(29-17-11-16-28(21-29)26-12-5-2-6-13-26)23-34(37(33)41-35)38(39)40-32-18-9-4-10-19-32/h2-25,36,41H,1H3,(H2,39,40). The maximum atomic E-state index is 9.17. The van der Waals surface area contributed by atoms with Gasteiger partial charge in [-0.25, -0.2) is 0 Å². The Kier molecular flexibility index (Phi) is 6.33. The van der Waals surface area contributed by atoms with Crippen molar-refractivity contribution in [3.8, 4) is 22.3 Å². The molecule has 0 amide bonds. The predicted molar refractivity (Wildman–Crippen MR) is 172 cm³/mol. The number of para-hydroxylation sites is 1. The largest absolute Gasteiger partial charge is 0.358 e. The van der Waals surface area contributed by atoms with Crippen molar-refractivity contribution in [1.82, 2.24) is 0 Å². The molecule has 0 bridgehead atoms. The Bertz CT molecular complexity index is 1800. The third-order valence-corrected chi connectivity index (χ3v) is 8.11. The Morgan fingerprint density at radius 3 is 1.98 bits per heavy atom. The van der Waals surface area contributed by atoms with Crippen molar-refractivity contribution in [1.29, 1.82) is 5.41 Å². The van der Waals surface area contributed by atoms with E-state index in [1.807, 2.05) is 36.4 Å². The zero-order valence-electron chi connectivity index (χ0n) is 22.9. The number of anilines is 2. The van der Waals surface area contributed by atoms with Crippen LogP contribution >= 0.6 is 0 Å². The van der Waals surface area contributed by atoms with E-state index in [9.17, 15) is 5.41 Å². The molecule has 3 heteroatoms. The van der Waals surface area contributed by atoms with E-state index < -0.39 is 0 Å². The van der Waals surface area contributed by atoms with Gasteiger partial charge in [-0.3, -0.25) is 5.41 Å². The van der Waals surface area contributed by atoms with Gasteiger partial charge >= 0.3 is 0 Å². The van der Waals surface area contributed by atoms with E-state index in [2.05, 4.69) is 121 Å². The molecular weight excluding hydrogens is 498 g/mol. The number of nitrogens with one attached hydrogen (secondary N) is 3. The zero-order valence-corrected chi connectivity index (χ0v) is 22.9. The summed E-state index contributed by atoms with van der Waals surface area (Å²) in [6.07, 6.45) is 4.67. The highest BCUT2D eigenvalue weighted by Gasteiger charge is 2.36. The van der Waals surface area contributed by atoms with Crippen LogP contribution in [0, 0.1) is 11.3 Å². The van der Waals surface area contributed by atoms with E-state index in [-0.39, 0.29) is 5.92 Å². The molecule has 5 aromatic rings. The summed E-state index contributed by atoms with van der Waals surface area (Å²) in [4.78, 5) is 0. The minimum atomic E-state index is 0.206. The van der Waals surface area contributed by atoms with Gasteiger partial charge in [0.15, 0.2) is 0 Å². The first-order chi connectivity index (χ1) is 20.1. The Morgan fingerprint density at radius 1 is 0.659 bits per heavy atom. The SMILES string of the molecule is CC1C=C(c2ccccc2)C=C2Nc3c(C(=N)Nc4ccccc4)cc(-c4cccc(-c5ccccc5)c4)cc3C21. The Morgan fingerprint density at radius 2 is 1.27 bits per heavy atom.